The average Bonchev–Trinajstić information content (AvgIpc) is 2.61. The van der Waals surface area contributed by atoms with E-state index in [-0.39, 0.29) is 27.8 Å². The summed E-state index contributed by atoms with van der Waals surface area (Å²) in [7, 11) is 0. The maximum atomic E-state index is 14.1. The first kappa shape index (κ1) is 17.9. The van der Waals surface area contributed by atoms with Crippen LogP contribution < -0.4 is 5.69 Å². The van der Waals surface area contributed by atoms with Crippen molar-refractivity contribution in [3.63, 3.8) is 0 Å². The maximum absolute atomic E-state index is 14.1. The maximum Gasteiger partial charge on any atom is 0.348 e. The summed E-state index contributed by atoms with van der Waals surface area (Å²) in [6.45, 7) is 3.09. The van der Waals surface area contributed by atoms with E-state index in [4.69, 9.17) is 11.6 Å². The minimum atomic E-state index is -3.18. The van der Waals surface area contributed by atoms with Crippen LogP contribution in [-0.2, 0) is 5.92 Å². The van der Waals surface area contributed by atoms with E-state index in [0.717, 1.165) is 0 Å². The van der Waals surface area contributed by atoms with E-state index in [2.05, 4.69) is 21.5 Å². The van der Waals surface area contributed by atoms with Crippen LogP contribution in [0.2, 0.25) is 5.02 Å². The van der Waals surface area contributed by atoms with Gasteiger partial charge in [-0.1, -0.05) is 48.5 Å². The fourth-order valence-corrected chi connectivity index (χ4v) is 2.57. The molecule has 1 heterocycles. The number of H-pyrrole nitrogens is 1. The molecule has 3 rings (SSSR count). The average molecular weight is 378 g/mol. The smallest absolute Gasteiger partial charge is 0.290 e. The van der Waals surface area contributed by atoms with Crippen LogP contribution in [0.3, 0.4) is 0 Å². The van der Waals surface area contributed by atoms with Crippen molar-refractivity contribution >= 4 is 11.6 Å². The van der Waals surface area contributed by atoms with Crippen molar-refractivity contribution in [2.75, 3.05) is 0 Å². The highest BCUT2D eigenvalue weighted by atomic mass is 35.5. The fraction of sp³-hybridized carbons (Fsp3) is 0.0556. The Morgan fingerprint density at radius 2 is 1.81 bits per heavy atom. The lowest BCUT2D eigenvalue weighted by Crippen LogP contribution is -2.15. The Morgan fingerprint density at radius 3 is 2.42 bits per heavy atom. The van der Waals surface area contributed by atoms with Gasteiger partial charge in [0, 0.05) is 11.1 Å². The standard InChI is InChI=1S/C18H11ClF3N3O/c1-2-18(21,22)11-8-6-10(7-9-11)15-23-16(25-17(26)24-15)14-12(19)4-3-5-13(14)20/h2-9H,1H2,(H,23,24,25,26). The number of halogens is 4. The van der Waals surface area contributed by atoms with Crippen LogP contribution in [0.4, 0.5) is 13.2 Å². The van der Waals surface area contributed by atoms with Crippen molar-refractivity contribution in [1.82, 2.24) is 15.0 Å². The summed E-state index contributed by atoms with van der Waals surface area (Å²) in [4.78, 5) is 22.0. The highest BCUT2D eigenvalue weighted by molar-refractivity contribution is 6.33. The van der Waals surface area contributed by atoms with Gasteiger partial charge in [-0.05, 0) is 18.2 Å². The number of nitrogens with zero attached hydrogens (tertiary/aromatic N) is 2. The second kappa shape index (κ2) is 6.76. The summed E-state index contributed by atoms with van der Waals surface area (Å²) in [5.41, 5.74) is -0.804. The van der Waals surface area contributed by atoms with Gasteiger partial charge in [0.2, 0.25) is 0 Å². The minimum Gasteiger partial charge on any atom is -0.290 e. The normalized spacial score (nSPS) is 11.4. The zero-order valence-electron chi connectivity index (χ0n) is 13.1. The number of rotatable bonds is 4. The number of nitrogens with one attached hydrogen (secondary N) is 1. The molecule has 0 aliphatic heterocycles. The first-order valence-corrected chi connectivity index (χ1v) is 7.74. The lowest BCUT2D eigenvalue weighted by Gasteiger charge is -2.12. The summed E-state index contributed by atoms with van der Waals surface area (Å²) in [6, 6.07) is 9.08. The predicted octanol–water partition coefficient (Wildman–Crippen LogP) is 4.57. The second-order valence-corrected chi connectivity index (χ2v) is 5.73. The lowest BCUT2D eigenvalue weighted by molar-refractivity contribution is 0.0525. The first-order chi connectivity index (χ1) is 12.3. The Kier molecular flexibility index (Phi) is 4.65. The molecule has 1 N–H and O–H groups in total. The van der Waals surface area contributed by atoms with Gasteiger partial charge in [-0.3, -0.25) is 4.98 Å². The van der Waals surface area contributed by atoms with Crippen LogP contribution in [-0.4, -0.2) is 15.0 Å². The Balaban J connectivity index is 2.09. The molecule has 0 saturated carbocycles. The zero-order chi connectivity index (χ0) is 18.9. The molecule has 0 radical (unpaired) electrons. The molecule has 0 amide bonds. The van der Waals surface area contributed by atoms with E-state index in [0.29, 0.717) is 11.6 Å². The van der Waals surface area contributed by atoms with Gasteiger partial charge in [-0.2, -0.15) is 13.8 Å². The van der Waals surface area contributed by atoms with E-state index >= 15 is 0 Å². The van der Waals surface area contributed by atoms with Gasteiger partial charge < -0.3 is 0 Å². The number of benzene rings is 2. The fourth-order valence-electron chi connectivity index (χ4n) is 2.32. The molecule has 0 aliphatic carbocycles. The molecule has 0 unspecified atom stereocenters. The van der Waals surface area contributed by atoms with Gasteiger partial charge in [-0.25, -0.2) is 14.2 Å². The van der Waals surface area contributed by atoms with E-state index in [1.165, 1.54) is 42.5 Å². The van der Waals surface area contributed by atoms with Gasteiger partial charge >= 0.3 is 5.69 Å². The summed E-state index contributed by atoms with van der Waals surface area (Å²) < 4.78 is 41.3. The van der Waals surface area contributed by atoms with Crippen molar-refractivity contribution in [1.29, 1.82) is 0 Å². The molecule has 0 aliphatic rings. The molecule has 0 fully saturated rings. The van der Waals surface area contributed by atoms with Gasteiger partial charge in [0.05, 0.1) is 10.6 Å². The van der Waals surface area contributed by atoms with Crippen LogP contribution in [0.1, 0.15) is 5.56 Å². The number of allylic oxidation sites excluding steroid dienone is 1. The lowest BCUT2D eigenvalue weighted by atomic mass is 10.1. The molecule has 132 valence electrons. The molecule has 0 spiro atoms. The van der Waals surface area contributed by atoms with Crippen molar-refractivity contribution in [3.05, 3.63) is 82.0 Å². The molecular formula is C18H11ClF3N3O. The Hall–Kier alpha value is -2.93. The Bertz CT molecular complexity index is 1010. The van der Waals surface area contributed by atoms with Crippen LogP contribution in [0, 0.1) is 5.82 Å². The molecule has 8 heteroatoms. The van der Waals surface area contributed by atoms with E-state index in [1.807, 2.05) is 0 Å². The number of aromatic amines is 1. The zero-order valence-corrected chi connectivity index (χ0v) is 13.9. The summed E-state index contributed by atoms with van der Waals surface area (Å²) in [5.74, 6) is -4.00. The highest BCUT2D eigenvalue weighted by Gasteiger charge is 2.26. The Morgan fingerprint density at radius 1 is 1.12 bits per heavy atom. The summed E-state index contributed by atoms with van der Waals surface area (Å²) >= 11 is 5.99. The largest absolute Gasteiger partial charge is 0.348 e. The van der Waals surface area contributed by atoms with Crippen molar-refractivity contribution in [2.45, 2.75) is 5.92 Å². The molecule has 0 atom stereocenters. The van der Waals surface area contributed by atoms with E-state index in [9.17, 15) is 18.0 Å². The number of alkyl halides is 2. The number of aromatic nitrogens is 3. The van der Waals surface area contributed by atoms with Crippen LogP contribution in [0.25, 0.3) is 22.8 Å². The monoisotopic (exact) mass is 377 g/mol. The molecule has 0 saturated heterocycles. The van der Waals surface area contributed by atoms with Gasteiger partial charge in [0.1, 0.15) is 11.6 Å². The van der Waals surface area contributed by atoms with E-state index in [1.54, 1.807) is 0 Å². The molecule has 26 heavy (non-hydrogen) atoms. The van der Waals surface area contributed by atoms with Crippen LogP contribution >= 0.6 is 11.6 Å². The third kappa shape index (κ3) is 3.39. The van der Waals surface area contributed by atoms with Gasteiger partial charge in [-0.15, -0.1) is 0 Å². The highest BCUT2D eigenvalue weighted by Crippen LogP contribution is 2.31. The number of hydrogen-bond donors (Lipinski definition) is 1. The van der Waals surface area contributed by atoms with Crippen molar-refractivity contribution in [2.24, 2.45) is 0 Å². The van der Waals surface area contributed by atoms with Gasteiger partial charge in [0.25, 0.3) is 5.92 Å². The molecule has 4 nitrogen and oxygen atoms in total. The second-order valence-electron chi connectivity index (χ2n) is 5.33. The molecule has 3 aromatic rings. The first-order valence-electron chi connectivity index (χ1n) is 7.37. The Labute approximate surface area is 151 Å². The summed E-state index contributed by atoms with van der Waals surface area (Å²) in [6.07, 6.45) is 0.532. The van der Waals surface area contributed by atoms with Gasteiger partial charge in [0.15, 0.2) is 5.82 Å². The van der Waals surface area contributed by atoms with Crippen molar-refractivity contribution in [3.8, 4) is 22.8 Å². The summed E-state index contributed by atoms with van der Waals surface area (Å²) in [5, 5.41) is 0.0614. The van der Waals surface area contributed by atoms with Crippen LogP contribution in [0.15, 0.2) is 59.9 Å². The minimum absolute atomic E-state index is 0.0449. The predicted molar refractivity (Wildman–Crippen MR) is 92.6 cm³/mol. The molecule has 0 bridgehead atoms. The molecule has 2 aromatic carbocycles. The molecule has 1 aromatic heterocycles. The van der Waals surface area contributed by atoms with Crippen LogP contribution in [0.5, 0.6) is 0 Å². The molecular weight excluding hydrogens is 367 g/mol. The van der Waals surface area contributed by atoms with E-state index < -0.39 is 17.4 Å². The number of hydrogen-bond acceptors (Lipinski definition) is 3. The quantitative estimate of drug-likeness (QED) is 0.677. The third-order valence-electron chi connectivity index (χ3n) is 3.63. The van der Waals surface area contributed by atoms with Crippen molar-refractivity contribution < 1.29 is 13.2 Å². The topological polar surface area (TPSA) is 58.6 Å². The SMILES string of the molecule is C=CC(F)(F)c1ccc(-c2nc(-c3c(F)cccc3Cl)[nH]c(=O)n2)cc1. The third-order valence-corrected chi connectivity index (χ3v) is 3.95.